The molecule has 0 fully saturated rings. The molecule has 0 saturated carbocycles. The highest BCUT2D eigenvalue weighted by Crippen LogP contribution is 2.29. The maximum atomic E-state index is 8.98. The fraction of sp³-hybridized carbons (Fsp3) is 0.429. The second-order valence-electron chi connectivity index (χ2n) is 4.78. The van der Waals surface area contributed by atoms with E-state index in [0.717, 1.165) is 17.5 Å². The fourth-order valence-corrected chi connectivity index (χ4v) is 2.20. The van der Waals surface area contributed by atoms with E-state index in [9.17, 15) is 0 Å². The van der Waals surface area contributed by atoms with Gasteiger partial charge in [-0.15, -0.1) is 0 Å². The Bertz CT molecular complexity index is 606. The van der Waals surface area contributed by atoms with Crippen LogP contribution in [0.4, 0.5) is 5.95 Å². The summed E-state index contributed by atoms with van der Waals surface area (Å²) in [5.41, 5.74) is 8.44. The third kappa shape index (κ3) is 1.92. The Balaban J connectivity index is 2.62. The molecule has 2 rings (SSSR count). The van der Waals surface area contributed by atoms with Crippen LogP contribution >= 0.6 is 0 Å². The van der Waals surface area contributed by atoms with E-state index in [-0.39, 0.29) is 6.04 Å². The summed E-state index contributed by atoms with van der Waals surface area (Å²) in [7, 11) is 0. The molecular weight excluding hydrogens is 224 g/mol. The molecule has 94 valence electrons. The van der Waals surface area contributed by atoms with E-state index in [1.54, 1.807) is 6.07 Å². The average molecular weight is 242 g/mol. The molecule has 0 saturated heterocycles. The maximum Gasteiger partial charge on any atom is 0.201 e. The van der Waals surface area contributed by atoms with Gasteiger partial charge in [0.15, 0.2) is 0 Å². The normalized spacial score (nSPS) is 14.3. The lowest BCUT2D eigenvalue weighted by Crippen LogP contribution is -2.15. The van der Waals surface area contributed by atoms with Crippen molar-refractivity contribution in [2.75, 3.05) is 5.73 Å². The van der Waals surface area contributed by atoms with Crippen LogP contribution in [0, 0.1) is 17.2 Å². The van der Waals surface area contributed by atoms with E-state index < -0.39 is 0 Å². The van der Waals surface area contributed by atoms with Crippen LogP contribution in [0.2, 0.25) is 0 Å². The van der Waals surface area contributed by atoms with E-state index in [1.165, 1.54) is 0 Å². The molecule has 0 amide bonds. The Morgan fingerprint density at radius 1 is 1.44 bits per heavy atom. The molecule has 2 atom stereocenters. The van der Waals surface area contributed by atoms with Gasteiger partial charge in [0.25, 0.3) is 0 Å². The zero-order valence-electron chi connectivity index (χ0n) is 11.0. The van der Waals surface area contributed by atoms with Gasteiger partial charge in [0, 0.05) is 6.04 Å². The first-order valence-corrected chi connectivity index (χ1v) is 6.26. The summed E-state index contributed by atoms with van der Waals surface area (Å²) in [5, 5.41) is 8.98. The van der Waals surface area contributed by atoms with Crippen molar-refractivity contribution in [3.8, 4) is 6.07 Å². The first-order valence-electron chi connectivity index (χ1n) is 6.26. The number of benzene rings is 1. The SMILES string of the molecule is CCC(C)C(C)n1c(N)nc2ccc(C#N)cc21. The highest BCUT2D eigenvalue weighted by Gasteiger charge is 2.18. The Kier molecular flexibility index (Phi) is 3.24. The molecule has 0 radical (unpaired) electrons. The largest absolute Gasteiger partial charge is 0.369 e. The number of hydrogen-bond acceptors (Lipinski definition) is 3. The van der Waals surface area contributed by atoms with Crippen LogP contribution in [0.3, 0.4) is 0 Å². The molecule has 1 aromatic heterocycles. The molecule has 0 aliphatic heterocycles. The van der Waals surface area contributed by atoms with Gasteiger partial charge in [0.1, 0.15) is 0 Å². The summed E-state index contributed by atoms with van der Waals surface area (Å²) >= 11 is 0. The number of rotatable bonds is 3. The number of aromatic nitrogens is 2. The van der Waals surface area contributed by atoms with E-state index >= 15 is 0 Å². The minimum atomic E-state index is 0.272. The van der Waals surface area contributed by atoms with Crippen molar-refractivity contribution >= 4 is 17.0 Å². The average Bonchev–Trinajstić information content (AvgIpc) is 2.71. The molecule has 18 heavy (non-hydrogen) atoms. The molecule has 1 heterocycles. The van der Waals surface area contributed by atoms with E-state index in [2.05, 4.69) is 31.8 Å². The molecule has 1 aromatic carbocycles. The lowest BCUT2D eigenvalue weighted by atomic mass is 10.0. The number of nitrogen functional groups attached to an aromatic ring is 1. The molecule has 0 aliphatic rings. The van der Waals surface area contributed by atoms with Crippen LogP contribution < -0.4 is 5.73 Å². The molecular formula is C14H18N4. The summed E-state index contributed by atoms with van der Waals surface area (Å²) < 4.78 is 2.03. The quantitative estimate of drug-likeness (QED) is 0.899. The van der Waals surface area contributed by atoms with Crippen molar-refractivity contribution in [2.24, 2.45) is 5.92 Å². The van der Waals surface area contributed by atoms with Gasteiger partial charge in [-0.1, -0.05) is 20.3 Å². The van der Waals surface area contributed by atoms with Crippen molar-refractivity contribution in [3.05, 3.63) is 23.8 Å². The number of imidazole rings is 1. The van der Waals surface area contributed by atoms with Gasteiger partial charge in [-0.25, -0.2) is 4.98 Å². The molecule has 2 unspecified atom stereocenters. The highest BCUT2D eigenvalue weighted by atomic mass is 15.2. The lowest BCUT2D eigenvalue weighted by Gasteiger charge is -2.21. The van der Waals surface area contributed by atoms with Gasteiger partial charge in [-0.05, 0) is 31.0 Å². The van der Waals surface area contributed by atoms with E-state index in [0.29, 0.717) is 17.4 Å². The van der Waals surface area contributed by atoms with Crippen molar-refractivity contribution in [2.45, 2.75) is 33.2 Å². The summed E-state index contributed by atoms with van der Waals surface area (Å²) in [6, 6.07) is 7.91. The Labute approximate surface area is 107 Å². The fourth-order valence-electron chi connectivity index (χ4n) is 2.20. The highest BCUT2D eigenvalue weighted by molar-refractivity contribution is 5.80. The number of fused-ring (bicyclic) bond motifs is 1. The van der Waals surface area contributed by atoms with Crippen LogP contribution in [0.1, 0.15) is 38.8 Å². The van der Waals surface area contributed by atoms with Gasteiger partial charge >= 0.3 is 0 Å². The monoisotopic (exact) mass is 242 g/mol. The third-order valence-corrected chi connectivity index (χ3v) is 3.72. The maximum absolute atomic E-state index is 8.98. The van der Waals surface area contributed by atoms with Gasteiger partial charge in [-0.3, -0.25) is 0 Å². The van der Waals surface area contributed by atoms with Crippen molar-refractivity contribution in [3.63, 3.8) is 0 Å². The summed E-state index contributed by atoms with van der Waals surface area (Å²) in [5.74, 6) is 1.03. The lowest BCUT2D eigenvalue weighted by molar-refractivity contribution is 0.381. The second kappa shape index (κ2) is 4.69. The molecule has 0 bridgehead atoms. The molecule has 0 aliphatic carbocycles. The molecule has 2 N–H and O–H groups in total. The minimum absolute atomic E-state index is 0.272. The van der Waals surface area contributed by atoms with E-state index in [4.69, 9.17) is 11.0 Å². The Morgan fingerprint density at radius 3 is 2.78 bits per heavy atom. The second-order valence-corrected chi connectivity index (χ2v) is 4.78. The van der Waals surface area contributed by atoms with E-state index in [1.807, 2.05) is 16.7 Å². The van der Waals surface area contributed by atoms with Crippen LogP contribution in [-0.4, -0.2) is 9.55 Å². The van der Waals surface area contributed by atoms with Crippen molar-refractivity contribution in [1.82, 2.24) is 9.55 Å². The minimum Gasteiger partial charge on any atom is -0.369 e. The first kappa shape index (κ1) is 12.4. The van der Waals surface area contributed by atoms with Crippen LogP contribution in [0.15, 0.2) is 18.2 Å². The number of nitrogens with zero attached hydrogens (tertiary/aromatic N) is 3. The summed E-state index contributed by atoms with van der Waals surface area (Å²) in [6.07, 6.45) is 1.08. The predicted octanol–water partition coefficient (Wildman–Crippen LogP) is 3.10. The van der Waals surface area contributed by atoms with Gasteiger partial charge in [-0.2, -0.15) is 5.26 Å². The predicted molar refractivity (Wildman–Crippen MR) is 73.0 cm³/mol. The number of hydrogen-bond donors (Lipinski definition) is 1. The number of anilines is 1. The topological polar surface area (TPSA) is 67.6 Å². The first-order chi connectivity index (χ1) is 8.58. The Hall–Kier alpha value is -2.02. The van der Waals surface area contributed by atoms with Crippen LogP contribution in [-0.2, 0) is 0 Å². The third-order valence-electron chi connectivity index (χ3n) is 3.72. The van der Waals surface area contributed by atoms with Crippen LogP contribution in [0.25, 0.3) is 11.0 Å². The van der Waals surface area contributed by atoms with Crippen molar-refractivity contribution in [1.29, 1.82) is 5.26 Å². The standard InChI is InChI=1S/C14H18N4/c1-4-9(2)10(3)18-13-7-11(8-15)5-6-12(13)17-14(18)16/h5-7,9-10H,4H2,1-3H3,(H2,16,17). The number of nitriles is 1. The molecule has 0 spiro atoms. The van der Waals surface area contributed by atoms with Crippen LogP contribution in [0.5, 0.6) is 0 Å². The van der Waals surface area contributed by atoms with Gasteiger partial charge in [0.2, 0.25) is 5.95 Å². The summed E-state index contributed by atoms with van der Waals surface area (Å²) in [6.45, 7) is 6.51. The van der Waals surface area contributed by atoms with Crippen molar-refractivity contribution < 1.29 is 0 Å². The zero-order chi connectivity index (χ0) is 13.3. The molecule has 4 nitrogen and oxygen atoms in total. The number of nitrogens with two attached hydrogens (primary N) is 1. The smallest absolute Gasteiger partial charge is 0.201 e. The summed E-state index contributed by atoms with van der Waals surface area (Å²) in [4.78, 5) is 4.36. The molecule has 4 heteroatoms. The molecule has 2 aromatic rings. The zero-order valence-corrected chi connectivity index (χ0v) is 11.0. The van der Waals surface area contributed by atoms with Gasteiger partial charge < -0.3 is 10.3 Å². The Morgan fingerprint density at radius 2 is 2.17 bits per heavy atom. The van der Waals surface area contributed by atoms with Gasteiger partial charge in [0.05, 0.1) is 22.7 Å².